The summed E-state index contributed by atoms with van der Waals surface area (Å²) in [5, 5.41) is 7.54. The molecule has 0 unspecified atom stereocenters. The molecule has 0 bridgehead atoms. The van der Waals surface area contributed by atoms with Gasteiger partial charge in [0, 0.05) is 18.0 Å². The molecule has 0 saturated carbocycles. The lowest BCUT2D eigenvalue weighted by Gasteiger charge is -2.23. The van der Waals surface area contributed by atoms with Crippen LogP contribution in [0.5, 0.6) is 0 Å². The molecule has 0 radical (unpaired) electrons. The van der Waals surface area contributed by atoms with Crippen LogP contribution in [0.15, 0.2) is 78.9 Å². The minimum Gasteiger partial charge on any atom is -0.387 e. The smallest absolute Gasteiger partial charge is 0.0452 e. The maximum Gasteiger partial charge on any atom is 0.0452 e. The highest BCUT2D eigenvalue weighted by Gasteiger charge is 2.19. The molecule has 0 atom stereocenters. The maximum atomic E-state index is 3.40. The summed E-state index contributed by atoms with van der Waals surface area (Å²) in [6.45, 7) is 2.17. The van der Waals surface area contributed by atoms with Gasteiger partial charge >= 0.3 is 0 Å². The van der Waals surface area contributed by atoms with Crippen molar-refractivity contribution in [2.75, 3.05) is 12.4 Å². The summed E-state index contributed by atoms with van der Waals surface area (Å²) in [6.07, 6.45) is 0. The second kappa shape index (κ2) is 6.77. The minimum absolute atomic E-state index is 0.551. The van der Waals surface area contributed by atoms with Gasteiger partial charge in [-0.2, -0.15) is 0 Å². The Hall–Kier alpha value is -2.11. The van der Waals surface area contributed by atoms with Gasteiger partial charge in [0.1, 0.15) is 0 Å². The van der Waals surface area contributed by atoms with E-state index in [0.717, 1.165) is 0 Å². The molecule has 0 aliphatic carbocycles. The van der Waals surface area contributed by atoms with Gasteiger partial charge in [0.05, 0.1) is 0 Å². The zero-order chi connectivity index (χ0) is 15.4. The van der Waals surface area contributed by atoms with E-state index in [0.29, 0.717) is 0 Å². The quantitative estimate of drug-likeness (QED) is 0.723. The Morgan fingerprint density at radius 1 is 0.682 bits per heavy atom. The third kappa shape index (κ3) is 2.91. The molecule has 3 aromatic carbocycles. The van der Waals surface area contributed by atoms with E-state index in [1.54, 1.807) is 0 Å². The first kappa shape index (κ1) is 14.8. The summed E-state index contributed by atoms with van der Waals surface area (Å²) >= 11 is 0. The van der Waals surface area contributed by atoms with Crippen molar-refractivity contribution in [1.29, 1.82) is 0 Å². The molecular formula is C20H20NP. The van der Waals surface area contributed by atoms with Crippen LogP contribution < -0.4 is 21.2 Å². The van der Waals surface area contributed by atoms with Crippen molar-refractivity contribution in [3.63, 3.8) is 0 Å². The molecule has 0 amide bonds. The first-order chi connectivity index (χ1) is 10.8. The molecule has 110 valence electrons. The fourth-order valence-electron chi connectivity index (χ4n) is 2.75. The lowest BCUT2D eigenvalue weighted by atomic mass is 10.2. The van der Waals surface area contributed by atoms with E-state index in [9.17, 15) is 0 Å². The van der Waals surface area contributed by atoms with E-state index in [1.807, 2.05) is 7.05 Å². The number of hydrogen-bond acceptors (Lipinski definition) is 1. The van der Waals surface area contributed by atoms with Crippen LogP contribution in [-0.2, 0) is 0 Å². The summed E-state index contributed by atoms with van der Waals surface area (Å²) in [5.41, 5.74) is 2.54. The Kier molecular flexibility index (Phi) is 4.56. The number of nitrogens with one attached hydrogen (secondary N) is 1. The van der Waals surface area contributed by atoms with Crippen molar-refractivity contribution < 1.29 is 0 Å². The Bertz CT molecular complexity index is 699. The van der Waals surface area contributed by atoms with Crippen LogP contribution in [0.25, 0.3) is 0 Å². The monoisotopic (exact) mass is 305 g/mol. The second-order valence-corrected chi connectivity index (χ2v) is 7.41. The SMILES string of the molecule is CNc1c(C)cccc1P(c1ccccc1)c1ccccc1. The van der Waals surface area contributed by atoms with E-state index in [4.69, 9.17) is 0 Å². The molecule has 1 nitrogen and oxygen atoms in total. The summed E-state index contributed by atoms with van der Waals surface area (Å²) in [6, 6.07) is 28.2. The normalized spacial score (nSPS) is 10.7. The highest BCUT2D eigenvalue weighted by Crippen LogP contribution is 2.36. The molecule has 2 heteroatoms. The van der Waals surface area contributed by atoms with Crippen molar-refractivity contribution in [1.82, 2.24) is 0 Å². The van der Waals surface area contributed by atoms with E-state index in [-0.39, 0.29) is 0 Å². The van der Waals surface area contributed by atoms with Crippen LogP contribution >= 0.6 is 7.92 Å². The molecule has 0 heterocycles. The predicted molar refractivity (Wildman–Crippen MR) is 99.4 cm³/mol. The average Bonchev–Trinajstić information content (AvgIpc) is 2.57. The van der Waals surface area contributed by atoms with Gasteiger partial charge in [0.25, 0.3) is 0 Å². The minimum atomic E-state index is -0.551. The second-order valence-electron chi connectivity index (χ2n) is 5.23. The van der Waals surface area contributed by atoms with Crippen molar-refractivity contribution in [2.24, 2.45) is 0 Å². The van der Waals surface area contributed by atoms with E-state index in [2.05, 4.69) is 91.1 Å². The molecule has 0 fully saturated rings. The van der Waals surface area contributed by atoms with Crippen LogP contribution in [-0.4, -0.2) is 7.05 Å². The predicted octanol–water partition coefficient (Wildman–Crippen LogP) is 3.79. The summed E-state index contributed by atoms with van der Waals surface area (Å²) in [5.74, 6) is 0. The molecule has 3 aromatic rings. The van der Waals surface area contributed by atoms with Gasteiger partial charge in [-0.25, -0.2) is 0 Å². The number of para-hydroxylation sites is 1. The van der Waals surface area contributed by atoms with E-state index >= 15 is 0 Å². The molecule has 0 spiro atoms. The summed E-state index contributed by atoms with van der Waals surface area (Å²) in [4.78, 5) is 0. The molecule has 22 heavy (non-hydrogen) atoms. The topological polar surface area (TPSA) is 12.0 Å². The van der Waals surface area contributed by atoms with Crippen LogP contribution in [0.3, 0.4) is 0 Å². The van der Waals surface area contributed by atoms with Gasteiger partial charge in [0.2, 0.25) is 0 Å². The summed E-state index contributed by atoms with van der Waals surface area (Å²) < 4.78 is 0. The molecule has 1 N–H and O–H groups in total. The molecule has 0 saturated heterocycles. The van der Waals surface area contributed by atoms with Crippen LogP contribution in [0.4, 0.5) is 5.69 Å². The van der Waals surface area contributed by atoms with Gasteiger partial charge < -0.3 is 5.32 Å². The third-order valence-corrected chi connectivity index (χ3v) is 6.25. The maximum absolute atomic E-state index is 3.40. The fraction of sp³-hybridized carbons (Fsp3) is 0.100. The number of anilines is 1. The first-order valence-corrected chi connectivity index (χ1v) is 8.83. The molecular weight excluding hydrogens is 285 g/mol. The zero-order valence-corrected chi connectivity index (χ0v) is 13.8. The first-order valence-electron chi connectivity index (χ1n) is 7.49. The molecule has 0 aliphatic rings. The number of benzene rings is 3. The highest BCUT2D eigenvalue weighted by molar-refractivity contribution is 7.80. The summed E-state index contributed by atoms with van der Waals surface area (Å²) in [7, 11) is 1.46. The molecule has 0 aromatic heterocycles. The van der Waals surface area contributed by atoms with Crippen molar-refractivity contribution >= 4 is 29.5 Å². The molecule has 0 aliphatic heterocycles. The Morgan fingerprint density at radius 3 is 1.73 bits per heavy atom. The highest BCUT2D eigenvalue weighted by atomic mass is 31.1. The molecule has 3 rings (SSSR count). The largest absolute Gasteiger partial charge is 0.387 e. The van der Waals surface area contributed by atoms with Crippen LogP contribution in [0, 0.1) is 6.92 Å². The average molecular weight is 305 g/mol. The van der Waals surface area contributed by atoms with Crippen LogP contribution in [0.2, 0.25) is 0 Å². The van der Waals surface area contributed by atoms with Gasteiger partial charge in [-0.15, -0.1) is 0 Å². The van der Waals surface area contributed by atoms with Crippen molar-refractivity contribution in [2.45, 2.75) is 6.92 Å². The Labute approximate surface area is 133 Å². The van der Waals surface area contributed by atoms with Gasteiger partial charge in [-0.05, 0) is 31.0 Å². The Balaban J connectivity index is 2.21. The van der Waals surface area contributed by atoms with Crippen LogP contribution in [0.1, 0.15) is 5.56 Å². The van der Waals surface area contributed by atoms with Crippen molar-refractivity contribution in [3.8, 4) is 0 Å². The lowest BCUT2D eigenvalue weighted by molar-refractivity contribution is 1.42. The van der Waals surface area contributed by atoms with Gasteiger partial charge in [-0.1, -0.05) is 78.9 Å². The number of hydrogen-bond donors (Lipinski definition) is 1. The van der Waals surface area contributed by atoms with Gasteiger partial charge in [0.15, 0.2) is 0 Å². The number of aryl methyl sites for hydroxylation is 1. The van der Waals surface area contributed by atoms with E-state index in [1.165, 1.54) is 27.2 Å². The fourth-order valence-corrected chi connectivity index (χ4v) is 5.29. The van der Waals surface area contributed by atoms with Crippen molar-refractivity contribution in [3.05, 3.63) is 84.4 Å². The van der Waals surface area contributed by atoms with Gasteiger partial charge in [-0.3, -0.25) is 0 Å². The standard InChI is InChI=1S/C20H20NP/c1-16-10-9-15-19(20(16)21-2)22(17-11-5-3-6-12-17)18-13-7-4-8-14-18/h3-15,21H,1-2H3. The zero-order valence-electron chi connectivity index (χ0n) is 13.0. The third-order valence-electron chi connectivity index (χ3n) is 3.77. The Morgan fingerprint density at radius 2 is 1.23 bits per heavy atom. The number of rotatable bonds is 4. The lowest BCUT2D eigenvalue weighted by Crippen LogP contribution is -2.23. The van der Waals surface area contributed by atoms with E-state index < -0.39 is 7.92 Å².